The number of H-pyrrole nitrogens is 2. The normalized spacial score (nSPS) is 14.7. The van der Waals surface area contributed by atoms with Crippen LogP contribution in [0.1, 0.15) is 18.5 Å². The van der Waals surface area contributed by atoms with E-state index >= 15 is 0 Å². The maximum absolute atomic E-state index is 11.5. The Balaban J connectivity index is 1.41. The van der Waals surface area contributed by atoms with Crippen LogP contribution in [0.3, 0.4) is 0 Å². The van der Waals surface area contributed by atoms with Crippen LogP contribution in [-0.2, 0) is 0 Å². The molecule has 0 atom stereocenters. The van der Waals surface area contributed by atoms with E-state index in [-0.39, 0.29) is 11.6 Å². The summed E-state index contributed by atoms with van der Waals surface area (Å²) in [5.74, 6) is 0.390. The number of hydrogen-bond acceptors (Lipinski definition) is 6. The van der Waals surface area contributed by atoms with Crippen molar-refractivity contribution in [2.45, 2.75) is 18.9 Å². The van der Waals surface area contributed by atoms with Crippen molar-refractivity contribution >= 4 is 23.2 Å². The lowest BCUT2D eigenvalue weighted by molar-refractivity contribution is 0.454. The zero-order chi connectivity index (χ0) is 23.1. The van der Waals surface area contributed by atoms with Crippen LogP contribution in [0.25, 0.3) is 22.9 Å². The van der Waals surface area contributed by atoms with E-state index in [2.05, 4.69) is 44.6 Å². The number of aromatic nitrogens is 5. The summed E-state index contributed by atoms with van der Waals surface area (Å²) in [7, 11) is 0. The van der Waals surface area contributed by atoms with Crippen LogP contribution in [-0.4, -0.2) is 35.7 Å². The number of fused-ring (bicyclic) bond motifs is 1. The van der Waals surface area contributed by atoms with Gasteiger partial charge in [-0.05, 0) is 42.2 Å². The Morgan fingerprint density at radius 3 is 2.53 bits per heavy atom. The lowest BCUT2D eigenvalue weighted by Gasteiger charge is -2.08. The number of aromatic hydroxyl groups is 1. The van der Waals surface area contributed by atoms with Crippen molar-refractivity contribution in [1.82, 2.24) is 24.6 Å². The van der Waals surface area contributed by atoms with Gasteiger partial charge in [0.15, 0.2) is 11.1 Å². The van der Waals surface area contributed by atoms with E-state index in [0.717, 1.165) is 29.7 Å². The zero-order valence-corrected chi connectivity index (χ0v) is 18.1. The minimum Gasteiger partial charge on any atom is -0.493 e. The monoisotopic (exact) mass is 451 g/mol. The van der Waals surface area contributed by atoms with Crippen molar-refractivity contribution in [2.75, 3.05) is 5.32 Å². The van der Waals surface area contributed by atoms with Crippen molar-refractivity contribution in [3.8, 4) is 17.0 Å². The first kappa shape index (κ1) is 20.0. The van der Waals surface area contributed by atoms with E-state index in [0.29, 0.717) is 28.2 Å². The number of aromatic amines is 2. The van der Waals surface area contributed by atoms with Gasteiger partial charge in [0.1, 0.15) is 11.5 Å². The van der Waals surface area contributed by atoms with Gasteiger partial charge in [-0.2, -0.15) is 9.61 Å². The summed E-state index contributed by atoms with van der Waals surface area (Å²) in [6, 6.07) is 20.5. The highest BCUT2D eigenvalue weighted by atomic mass is 16.3. The van der Waals surface area contributed by atoms with Gasteiger partial charge in [0, 0.05) is 17.0 Å². The Bertz CT molecular complexity index is 1660. The summed E-state index contributed by atoms with van der Waals surface area (Å²) in [4.78, 5) is 25.9. The van der Waals surface area contributed by atoms with Crippen molar-refractivity contribution in [3.63, 3.8) is 0 Å². The van der Waals surface area contributed by atoms with Crippen molar-refractivity contribution < 1.29 is 5.11 Å². The molecule has 168 valence electrons. The molecule has 1 aliphatic carbocycles. The lowest BCUT2D eigenvalue weighted by Crippen LogP contribution is -2.19. The van der Waals surface area contributed by atoms with Crippen LogP contribution in [0.5, 0.6) is 5.88 Å². The molecule has 1 aliphatic rings. The number of nitrogens with zero attached hydrogens (tertiary/aromatic N) is 4. The Morgan fingerprint density at radius 2 is 1.82 bits per heavy atom. The summed E-state index contributed by atoms with van der Waals surface area (Å²) in [5.41, 5.74) is 4.22. The summed E-state index contributed by atoms with van der Waals surface area (Å²) in [6.45, 7) is 0. The molecule has 5 aromatic rings. The van der Waals surface area contributed by atoms with Crippen LogP contribution in [0.4, 0.5) is 11.5 Å². The molecule has 3 aromatic heterocycles. The number of hydrogen-bond donors (Lipinski definition) is 4. The number of benzene rings is 2. The Hall–Kier alpha value is -4.66. The van der Waals surface area contributed by atoms with Gasteiger partial charge >= 0.3 is 5.69 Å². The molecular formula is C25H21N7O2. The first-order valence-electron chi connectivity index (χ1n) is 11.0. The predicted octanol–water partition coefficient (Wildman–Crippen LogP) is 2.47. The van der Waals surface area contributed by atoms with E-state index in [1.54, 1.807) is 16.8 Å². The van der Waals surface area contributed by atoms with Crippen molar-refractivity contribution in [1.29, 1.82) is 0 Å². The molecule has 0 amide bonds. The average molecular weight is 451 g/mol. The molecule has 0 unspecified atom stereocenters. The third kappa shape index (κ3) is 3.95. The zero-order valence-electron chi connectivity index (χ0n) is 18.1. The maximum atomic E-state index is 11.5. The Morgan fingerprint density at radius 1 is 1.06 bits per heavy atom. The SMILES string of the molecule is O=c1[nH]c(O)c(/C=c2/cnn3c(=NC4CC4)cc(Nc4ccc(-c5ccccc5)cc4)nc23)[nH]1. The second-order valence-corrected chi connectivity index (χ2v) is 8.25. The van der Waals surface area contributed by atoms with E-state index in [4.69, 9.17) is 9.98 Å². The van der Waals surface area contributed by atoms with Crippen LogP contribution < -0.4 is 21.7 Å². The largest absolute Gasteiger partial charge is 0.493 e. The summed E-state index contributed by atoms with van der Waals surface area (Å²) in [6.07, 6.45) is 5.39. The number of imidazole rings is 1. The van der Waals surface area contributed by atoms with Gasteiger partial charge in [-0.25, -0.2) is 9.78 Å². The summed E-state index contributed by atoms with van der Waals surface area (Å²) < 4.78 is 1.68. The molecule has 1 saturated carbocycles. The predicted molar refractivity (Wildman–Crippen MR) is 129 cm³/mol. The summed E-state index contributed by atoms with van der Waals surface area (Å²) in [5, 5.41) is 18.4. The van der Waals surface area contributed by atoms with Gasteiger partial charge in [0.05, 0.1) is 12.2 Å². The highest BCUT2D eigenvalue weighted by Gasteiger charge is 2.20. The first-order chi connectivity index (χ1) is 16.6. The molecule has 0 spiro atoms. The molecular weight excluding hydrogens is 430 g/mol. The molecule has 6 rings (SSSR count). The van der Waals surface area contributed by atoms with Gasteiger partial charge < -0.3 is 15.4 Å². The highest BCUT2D eigenvalue weighted by Crippen LogP contribution is 2.24. The molecule has 0 radical (unpaired) electrons. The highest BCUT2D eigenvalue weighted by molar-refractivity contribution is 5.68. The molecule has 3 heterocycles. The van der Waals surface area contributed by atoms with Crippen LogP contribution >= 0.6 is 0 Å². The second kappa shape index (κ2) is 8.04. The van der Waals surface area contributed by atoms with Crippen LogP contribution in [0.2, 0.25) is 0 Å². The maximum Gasteiger partial charge on any atom is 0.326 e. The molecule has 4 N–H and O–H groups in total. The topological polar surface area (TPSA) is 123 Å². The van der Waals surface area contributed by atoms with Crippen molar-refractivity contribution in [3.05, 3.63) is 93.7 Å². The van der Waals surface area contributed by atoms with Gasteiger partial charge in [0.2, 0.25) is 5.88 Å². The Labute approximate surface area is 193 Å². The summed E-state index contributed by atoms with van der Waals surface area (Å²) >= 11 is 0. The standard InChI is InChI=1S/C25H21N7O2/c33-24-20(29-25(34)31-24)12-17-14-26-32-22(28-19-10-11-19)13-21(30-23(17)32)27-18-8-6-16(7-9-18)15-4-2-1-3-5-15/h1-9,12-14,19,27,33H,10-11H2,(H2,29,31,34)/b17-12-,28-22?. The van der Waals surface area contributed by atoms with Crippen LogP contribution in [0, 0.1) is 0 Å². The number of anilines is 2. The third-order valence-electron chi connectivity index (χ3n) is 5.64. The van der Waals surface area contributed by atoms with Gasteiger partial charge in [-0.15, -0.1) is 0 Å². The van der Waals surface area contributed by atoms with E-state index in [9.17, 15) is 9.90 Å². The minimum absolute atomic E-state index is 0.236. The number of rotatable bonds is 5. The van der Waals surface area contributed by atoms with E-state index in [1.165, 1.54) is 0 Å². The first-order valence-corrected chi connectivity index (χ1v) is 11.0. The molecule has 9 heteroatoms. The fourth-order valence-corrected chi connectivity index (χ4v) is 3.78. The minimum atomic E-state index is -0.487. The fourth-order valence-electron chi connectivity index (χ4n) is 3.78. The molecule has 9 nitrogen and oxygen atoms in total. The second-order valence-electron chi connectivity index (χ2n) is 8.25. The van der Waals surface area contributed by atoms with E-state index < -0.39 is 5.69 Å². The van der Waals surface area contributed by atoms with Crippen LogP contribution in [0.15, 0.2) is 76.6 Å². The average Bonchev–Trinajstić information content (AvgIpc) is 3.48. The molecule has 1 fully saturated rings. The third-order valence-corrected chi connectivity index (χ3v) is 5.64. The Kier molecular flexibility index (Phi) is 4.72. The van der Waals surface area contributed by atoms with Crippen molar-refractivity contribution in [2.24, 2.45) is 4.99 Å². The quantitative estimate of drug-likeness (QED) is 0.327. The molecule has 0 aliphatic heterocycles. The molecule has 34 heavy (non-hydrogen) atoms. The fraction of sp³-hybridized carbons (Fsp3) is 0.120. The van der Waals surface area contributed by atoms with Gasteiger partial charge in [-0.1, -0.05) is 42.5 Å². The van der Waals surface area contributed by atoms with E-state index in [1.807, 2.05) is 36.4 Å². The molecule has 2 aromatic carbocycles. The smallest absolute Gasteiger partial charge is 0.326 e. The molecule has 0 saturated heterocycles. The van der Waals surface area contributed by atoms with Gasteiger partial charge in [-0.3, -0.25) is 9.98 Å². The van der Waals surface area contributed by atoms with Gasteiger partial charge in [0.25, 0.3) is 0 Å². The molecule has 0 bridgehead atoms. The number of nitrogens with one attached hydrogen (secondary N) is 3. The lowest BCUT2D eigenvalue weighted by atomic mass is 10.1.